The standard InChI is InChI=1S/C17H18N2O6/c1-9-13(16(20)24-3)15(14(10(2)18-9)17(21)25-4)11-7-5-6-8-12(11)19(22)23/h5-9,18H,1-4H3. The summed E-state index contributed by atoms with van der Waals surface area (Å²) < 4.78 is 9.64. The van der Waals surface area contributed by atoms with Gasteiger partial charge >= 0.3 is 11.9 Å². The first kappa shape index (κ1) is 18.2. The van der Waals surface area contributed by atoms with Crippen molar-refractivity contribution in [3.05, 3.63) is 56.8 Å². The van der Waals surface area contributed by atoms with Crippen molar-refractivity contribution in [3.8, 4) is 0 Å². The van der Waals surface area contributed by atoms with Crippen molar-refractivity contribution in [1.29, 1.82) is 0 Å². The van der Waals surface area contributed by atoms with Crippen LogP contribution >= 0.6 is 0 Å². The Hall–Kier alpha value is -3.16. The molecule has 1 aromatic carbocycles. The van der Waals surface area contributed by atoms with Gasteiger partial charge < -0.3 is 14.8 Å². The topological polar surface area (TPSA) is 108 Å². The van der Waals surface area contributed by atoms with Gasteiger partial charge in [0.15, 0.2) is 0 Å². The number of nitrogens with zero attached hydrogens (tertiary/aromatic N) is 1. The van der Waals surface area contributed by atoms with Gasteiger partial charge in [0.05, 0.1) is 41.9 Å². The molecule has 8 heteroatoms. The van der Waals surface area contributed by atoms with Crippen molar-refractivity contribution in [2.24, 2.45) is 0 Å². The minimum atomic E-state index is -0.702. The molecule has 8 nitrogen and oxygen atoms in total. The maximum atomic E-state index is 12.3. The Labute approximate surface area is 144 Å². The lowest BCUT2D eigenvalue weighted by atomic mass is 9.85. The molecule has 0 radical (unpaired) electrons. The van der Waals surface area contributed by atoms with E-state index in [-0.39, 0.29) is 28.0 Å². The molecule has 1 unspecified atom stereocenters. The number of dihydropyridines is 1. The van der Waals surface area contributed by atoms with E-state index in [0.717, 1.165) is 0 Å². The van der Waals surface area contributed by atoms with Gasteiger partial charge in [-0.3, -0.25) is 10.1 Å². The minimum absolute atomic E-state index is 0.0651. The van der Waals surface area contributed by atoms with Gasteiger partial charge in [0, 0.05) is 17.3 Å². The van der Waals surface area contributed by atoms with Gasteiger partial charge in [0.2, 0.25) is 0 Å². The monoisotopic (exact) mass is 346 g/mol. The first-order valence-electron chi connectivity index (χ1n) is 7.45. The molecule has 0 saturated carbocycles. The van der Waals surface area contributed by atoms with Gasteiger partial charge in [-0.05, 0) is 19.9 Å². The summed E-state index contributed by atoms with van der Waals surface area (Å²) in [7, 11) is 2.41. The molecular weight excluding hydrogens is 328 g/mol. The predicted octanol–water partition coefficient (Wildman–Crippen LogP) is 1.96. The second-order valence-corrected chi connectivity index (χ2v) is 5.41. The van der Waals surface area contributed by atoms with Gasteiger partial charge in [-0.1, -0.05) is 12.1 Å². The quantitative estimate of drug-likeness (QED) is 0.504. The van der Waals surface area contributed by atoms with Crippen LogP contribution in [0.2, 0.25) is 0 Å². The van der Waals surface area contributed by atoms with Crippen LogP contribution in [-0.2, 0) is 19.1 Å². The van der Waals surface area contributed by atoms with E-state index in [1.165, 1.54) is 32.4 Å². The van der Waals surface area contributed by atoms with Crippen molar-refractivity contribution in [2.45, 2.75) is 19.9 Å². The number of methoxy groups -OCH3 is 2. The third-order valence-corrected chi connectivity index (χ3v) is 3.93. The lowest BCUT2D eigenvalue weighted by molar-refractivity contribution is -0.385. The largest absolute Gasteiger partial charge is 0.466 e. The molecule has 2 rings (SSSR count). The number of carbonyl (C=O) groups is 2. The maximum absolute atomic E-state index is 12.3. The van der Waals surface area contributed by atoms with Gasteiger partial charge in [-0.15, -0.1) is 0 Å². The second-order valence-electron chi connectivity index (χ2n) is 5.41. The van der Waals surface area contributed by atoms with Crippen LogP contribution < -0.4 is 5.32 Å². The summed E-state index contributed by atoms with van der Waals surface area (Å²) >= 11 is 0. The third-order valence-electron chi connectivity index (χ3n) is 3.93. The Balaban J connectivity index is 2.91. The van der Waals surface area contributed by atoms with Crippen LogP contribution in [0.15, 0.2) is 41.1 Å². The van der Waals surface area contributed by atoms with Gasteiger partial charge in [0.25, 0.3) is 5.69 Å². The number of esters is 2. The molecule has 1 heterocycles. The molecule has 0 aliphatic carbocycles. The number of nitro groups is 1. The Kier molecular flexibility index (Phi) is 5.21. The van der Waals surface area contributed by atoms with Crippen LogP contribution in [0.1, 0.15) is 19.4 Å². The van der Waals surface area contributed by atoms with Crippen molar-refractivity contribution in [2.75, 3.05) is 14.2 Å². The summed E-state index contributed by atoms with van der Waals surface area (Å²) in [6.07, 6.45) is 0. The first-order chi connectivity index (χ1) is 11.8. The normalized spacial score (nSPS) is 17.0. The number of ether oxygens (including phenoxy) is 2. The van der Waals surface area contributed by atoms with Crippen LogP contribution in [0, 0.1) is 10.1 Å². The van der Waals surface area contributed by atoms with Gasteiger partial charge in [-0.25, -0.2) is 9.59 Å². The number of benzene rings is 1. The zero-order chi connectivity index (χ0) is 18.7. The summed E-state index contributed by atoms with van der Waals surface area (Å²) in [4.78, 5) is 35.5. The molecule has 0 fully saturated rings. The van der Waals surface area contributed by atoms with E-state index in [1.807, 2.05) is 0 Å². The van der Waals surface area contributed by atoms with E-state index >= 15 is 0 Å². The Morgan fingerprint density at radius 3 is 2.32 bits per heavy atom. The zero-order valence-corrected chi connectivity index (χ0v) is 14.3. The molecule has 0 aromatic heterocycles. The van der Waals surface area contributed by atoms with E-state index in [2.05, 4.69) is 5.32 Å². The number of hydrogen-bond donors (Lipinski definition) is 1. The Morgan fingerprint density at radius 1 is 1.16 bits per heavy atom. The fourth-order valence-electron chi connectivity index (χ4n) is 2.88. The first-order valence-corrected chi connectivity index (χ1v) is 7.45. The number of allylic oxidation sites excluding steroid dienone is 1. The van der Waals surface area contributed by atoms with E-state index < -0.39 is 22.9 Å². The highest BCUT2D eigenvalue weighted by atomic mass is 16.6. The molecule has 25 heavy (non-hydrogen) atoms. The van der Waals surface area contributed by atoms with Crippen molar-refractivity contribution in [3.63, 3.8) is 0 Å². The predicted molar refractivity (Wildman–Crippen MR) is 89.3 cm³/mol. The number of para-hydroxylation sites is 1. The Bertz CT molecular complexity index is 809. The molecular formula is C17H18N2O6. The SMILES string of the molecule is COC(=O)C1=C(C)NC(C)C(C(=O)OC)=C1c1ccccc1[N+](=O)[O-]. The summed E-state index contributed by atoms with van der Waals surface area (Å²) in [6, 6.07) is 5.41. The second kappa shape index (κ2) is 7.16. The van der Waals surface area contributed by atoms with Crippen molar-refractivity contribution < 1.29 is 24.0 Å². The molecule has 132 valence electrons. The average molecular weight is 346 g/mol. The van der Waals surface area contributed by atoms with E-state index in [0.29, 0.717) is 5.70 Å². The van der Waals surface area contributed by atoms with Crippen LogP contribution in [0.3, 0.4) is 0 Å². The number of nitro benzene ring substituents is 1. The van der Waals surface area contributed by atoms with E-state index in [9.17, 15) is 19.7 Å². The summed E-state index contributed by atoms with van der Waals surface area (Å²) in [5.74, 6) is -1.38. The average Bonchev–Trinajstić information content (AvgIpc) is 2.59. The van der Waals surface area contributed by atoms with Gasteiger partial charge in [-0.2, -0.15) is 0 Å². The molecule has 1 aliphatic heterocycles. The van der Waals surface area contributed by atoms with Crippen LogP contribution in [0.25, 0.3) is 5.57 Å². The van der Waals surface area contributed by atoms with Crippen LogP contribution in [0.4, 0.5) is 5.69 Å². The summed E-state index contributed by atoms with van der Waals surface area (Å²) in [5.41, 5.74) is 0.733. The molecule has 0 saturated heterocycles. The van der Waals surface area contributed by atoms with Crippen LogP contribution in [-0.4, -0.2) is 37.1 Å². The lowest BCUT2D eigenvalue weighted by Gasteiger charge is -2.29. The molecule has 1 aliphatic rings. The highest BCUT2D eigenvalue weighted by Gasteiger charge is 2.36. The van der Waals surface area contributed by atoms with Crippen LogP contribution in [0.5, 0.6) is 0 Å². The molecule has 0 spiro atoms. The third kappa shape index (κ3) is 3.23. The number of nitrogens with one attached hydrogen (secondary N) is 1. The fraction of sp³-hybridized carbons (Fsp3) is 0.294. The number of carbonyl (C=O) groups excluding carboxylic acids is 2. The molecule has 0 amide bonds. The Morgan fingerprint density at radius 2 is 1.76 bits per heavy atom. The lowest BCUT2D eigenvalue weighted by Crippen LogP contribution is -2.37. The number of rotatable bonds is 4. The van der Waals surface area contributed by atoms with E-state index in [4.69, 9.17) is 9.47 Å². The molecule has 1 N–H and O–H groups in total. The van der Waals surface area contributed by atoms with Gasteiger partial charge in [0.1, 0.15) is 0 Å². The fourth-order valence-corrected chi connectivity index (χ4v) is 2.88. The molecule has 0 bridgehead atoms. The summed E-state index contributed by atoms with van der Waals surface area (Å²) in [5, 5.41) is 14.4. The van der Waals surface area contributed by atoms with Crippen molar-refractivity contribution in [1.82, 2.24) is 5.32 Å². The zero-order valence-electron chi connectivity index (χ0n) is 14.3. The molecule has 1 aromatic rings. The highest BCUT2D eigenvalue weighted by Crippen LogP contribution is 2.38. The maximum Gasteiger partial charge on any atom is 0.340 e. The van der Waals surface area contributed by atoms with Crippen molar-refractivity contribution >= 4 is 23.2 Å². The van der Waals surface area contributed by atoms with E-state index in [1.54, 1.807) is 19.9 Å². The molecule has 1 atom stereocenters. The smallest absolute Gasteiger partial charge is 0.340 e. The highest BCUT2D eigenvalue weighted by molar-refractivity contribution is 6.15. The minimum Gasteiger partial charge on any atom is -0.466 e. The summed E-state index contributed by atoms with van der Waals surface area (Å²) in [6.45, 7) is 3.35. The number of hydrogen-bond acceptors (Lipinski definition) is 7.